The van der Waals surface area contributed by atoms with Crippen molar-refractivity contribution in [2.75, 3.05) is 39.6 Å². The van der Waals surface area contributed by atoms with Crippen molar-refractivity contribution in [1.29, 1.82) is 0 Å². The number of carbonyl (C=O) groups excluding carboxylic acids is 4. The fourth-order valence-corrected chi connectivity index (χ4v) is 14.8. The molecule has 0 aliphatic heterocycles. The average Bonchev–Trinajstić information content (AvgIpc) is 0.909. The van der Waals surface area contributed by atoms with Gasteiger partial charge < -0.3 is 33.8 Å². The fourth-order valence-electron chi connectivity index (χ4n) is 13.2. The Hall–Kier alpha value is -1.94. The Bertz CT molecular complexity index is 2050. The predicted molar refractivity (Wildman–Crippen MR) is 432 cm³/mol. The van der Waals surface area contributed by atoms with Crippen LogP contribution in [0, 0.1) is 23.7 Å². The molecule has 105 heavy (non-hydrogen) atoms. The van der Waals surface area contributed by atoms with E-state index in [9.17, 15) is 43.2 Å². The summed E-state index contributed by atoms with van der Waals surface area (Å²) in [5.74, 6) is 1.11. The second-order valence-electron chi connectivity index (χ2n) is 32.1. The normalized spacial score (nSPS) is 14.7. The lowest BCUT2D eigenvalue weighted by atomic mass is 9.99. The summed E-state index contributed by atoms with van der Waals surface area (Å²) in [6, 6.07) is 0. The maximum absolute atomic E-state index is 13.1. The van der Waals surface area contributed by atoms with Crippen molar-refractivity contribution in [3.8, 4) is 0 Å². The molecule has 0 bridgehead atoms. The van der Waals surface area contributed by atoms with Gasteiger partial charge in [0, 0.05) is 25.7 Å². The molecular formula is C86H168O17P2. The van der Waals surface area contributed by atoms with Gasteiger partial charge in [-0.15, -0.1) is 0 Å². The van der Waals surface area contributed by atoms with E-state index in [2.05, 4.69) is 55.4 Å². The van der Waals surface area contributed by atoms with Crippen LogP contribution in [0.1, 0.15) is 447 Å². The highest BCUT2D eigenvalue weighted by Crippen LogP contribution is 2.45. The Morgan fingerprint density at radius 1 is 0.267 bits per heavy atom. The van der Waals surface area contributed by atoms with Crippen molar-refractivity contribution in [2.45, 2.75) is 465 Å². The minimum Gasteiger partial charge on any atom is -0.462 e. The van der Waals surface area contributed by atoms with E-state index in [1.807, 2.05) is 0 Å². The van der Waals surface area contributed by atoms with Crippen LogP contribution in [-0.4, -0.2) is 96.7 Å². The summed E-state index contributed by atoms with van der Waals surface area (Å²) < 4.78 is 68.9. The molecule has 0 heterocycles. The molecule has 0 spiro atoms. The molecule has 0 saturated carbocycles. The minimum absolute atomic E-state index is 0.106. The number of esters is 4. The number of aliphatic hydroxyl groups is 1. The van der Waals surface area contributed by atoms with Crippen molar-refractivity contribution in [3.63, 3.8) is 0 Å². The first-order valence-electron chi connectivity index (χ1n) is 44.3. The van der Waals surface area contributed by atoms with E-state index in [-0.39, 0.29) is 25.7 Å². The van der Waals surface area contributed by atoms with E-state index < -0.39 is 97.5 Å². The molecule has 0 aromatic carbocycles. The second kappa shape index (κ2) is 74.8. The summed E-state index contributed by atoms with van der Waals surface area (Å²) >= 11 is 0. The Kier molecular flexibility index (Phi) is 73.4. The molecule has 3 N–H and O–H groups in total. The number of hydrogen-bond donors (Lipinski definition) is 3. The molecule has 0 aromatic heterocycles. The molecule has 0 radical (unpaired) electrons. The summed E-state index contributed by atoms with van der Waals surface area (Å²) in [5.41, 5.74) is 0. The number of carbonyl (C=O) groups is 4. The van der Waals surface area contributed by atoms with Crippen LogP contribution in [0.25, 0.3) is 0 Å². The number of hydrogen-bond acceptors (Lipinski definition) is 15. The Morgan fingerprint density at radius 2 is 0.457 bits per heavy atom. The lowest BCUT2D eigenvalue weighted by Gasteiger charge is -2.21. The predicted octanol–water partition coefficient (Wildman–Crippen LogP) is 25.9. The molecule has 0 aliphatic carbocycles. The van der Waals surface area contributed by atoms with Gasteiger partial charge in [-0.3, -0.25) is 37.3 Å². The summed E-state index contributed by atoms with van der Waals surface area (Å²) in [6.07, 6.45) is 63.9. The SMILES string of the molecule is CCC(C)CCCCCCCCCCCCCCCCCCCCC(=O)OC[C@H](COP(=O)(O)OC[C@@H](O)COP(=O)(O)OC[C@@H](COC(=O)CCCCCCCCC(C)CC)OC(=O)CCCCCCCCCCCCCCCCCCC(C)C)OC(=O)CCCCCCCCCCCCC(C)CC. The molecule has 0 amide bonds. The van der Waals surface area contributed by atoms with Gasteiger partial charge in [-0.05, 0) is 49.4 Å². The summed E-state index contributed by atoms with van der Waals surface area (Å²) in [6.45, 7) is 14.4. The van der Waals surface area contributed by atoms with Crippen molar-refractivity contribution in [3.05, 3.63) is 0 Å². The number of phosphoric ester groups is 2. The van der Waals surface area contributed by atoms with Crippen molar-refractivity contribution < 1.29 is 80.2 Å². The van der Waals surface area contributed by atoms with Crippen molar-refractivity contribution in [2.24, 2.45) is 23.7 Å². The number of phosphoric acid groups is 2. The molecule has 0 aromatic rings. The molecule has 0 saturated heterocycles. The van der Waals surface area contributed by atoms with Crippen molar-refractivity contribution >= 4 is 39.5 Å². The van der Waals surface area contributed by atoms with Crippen LogP contribution < -0.4 is 0 Å². The highest BCUT2D eigenvalue weighted by Gasteiger charge is 2.31. The highest BCUT2D eigenvalue weighted by molar-refractivity contribution is 7.47. The molecule has 0 aliphatic rings. The molecule has 19 heteroatoms. The van der Waals surface area contributed by atoms with E-state index in [4.69, 9.17) is 37.0 Å². The van der Waals surface area contributed by atoms with Gasteiger partial charge in [-0.25, -0.2) is 9.13 Å². The van der Waals surface area contributed by atoms with Crippen LogP contribution >= 0.6 is 15.6 Å². The molecule has 5 unspecified atom stereocenters. The fraction of sp³-hybridized carbons (Fsp3) is 0.953. The van der Waals surface area contributed by atoms with Gasteiger partial charge >= 0.3 is 39.5 Å². The van der Waals surface area contributed by atoms with Gasteiger partial charge in [-0.2, -0.15) is 0 Å². The third-order valence-electron chi connectivity index (χ3n) is 21.2. The quantitative estimate of drug-likeness (QED) is 0.0222. The zero-order valence-electron chi connectivity index (χ0n) is 69.4. The largest absolute Gasteiger partial charge is 0.472 e. The van der Waals surface area contributed by atoms with Gasteiger partial charge in [0.05, 0.1) is 26.4 Å². The molecule has 0 fully saturated rings. The summed E-state index contributed by atoms with van der Waals surface area (Å²) in [7, 11) is -9.93. The van der Waals surface area contributed by atoms with Crippen LogP contribution in [0.15, 0.2) is 0 Å². The molecular weight excluding hydrogens is 1370 g/mol. The van der Waals surface area contributed by atoms with E-state index >= 15 is 0 Å². The lowest BCUT2D eigenvalue weighted by Crippen LogP contribution is -2.30. The van der Waals surface area contributed by atoms with E-state index in [0.717, 1.165) is 120 Å². The van der Waals surface area contributed by atoms with Gasteiger partial charge in [0.1, 0.15) is 19.3 Å². The standard InChI is InChI=1S/C86H168O17P2/c1-9-77(6)63-55-47-39-33-27-23-19-14-12-13-15-20-24-28-35-41-50-58-66-83(88)96-72-81(102-86(91)69-61-53-43-37-31-30-34-40-48-56-64-78(7)10-2)74-100-104(92,93)98-70-80(87)71-99-105(94,95)101-75-82(73-97-84(89)67-59-51-45-44-49-57-65-79(8)11-3)103-85(90)68-60-52-42-36-29-25-21-17-16-18-22-26-32-38-46-54-62-76(4)5/h76-82,87H,9-75H2,1-8H3,(H,92,93)(H,94,95)/t77?,78?,79?,80-,81-,82-/m1/s1. The minimum atomic E-state index is -4.97. The number of unbranched alkanes of at least 4 members (excludes halogenated alkanes) is 46. The number of ether oxygens (including phenoxy) is 4. The topological polar surface area (TPSA) is 237 Å². The maximum atomic E-state index is 13.1. The molecule has 0 rings (SSSR count). The summed E-state index contributed by atoms with van der Waals surface area (Å²) in [5, 5.41) is 10.7. The Balaban J connectivity index is 5.19. The van der Waals surface area contributed by atoms with E-state index in [1.165, 1.54) is 244 Å². The highest BCUT2D eigenvalue weighted by atomic mass is 31.2. The first-order chi connectivity index (χ1) is 50.7. The second-order valence-corrected chi connectivity index (χ2v) is 35.0. The first-order valence-corrected chi connectivity index (χ1v) is 47.3. The zero-order valence-corrected chi connectivity index (χ0v) is 71.2. The smallest absolute Gasteiger partial charge is 0.462 e. The average molecular weight is 1540 g/mol. The van der Waals surface area contributed by atoms with Crippen LogP contribution in [0.3, 0.4) is 0 Å². The van der Waals surface area contributed by atoms with Gasteiger partial charge in [0.25, 0.3) is 0 Å². The van der Waals surface area contributed by atoms with Crippen LogP contribution in [0.5, 0.6) is 0 Å². The van der Waals surface area contributed by atoms with Gasteiger partial charge in [0.2, 0.25) is 0 Å². The molecule has 624 valence electrons. The van der Waals surface area contributed by atoms with Crippen molar-refractivity contribution in [1.82, 2.24) is 0 Å². The maximum Gasteiger partial charge on any atom is 0.472 e. The molecule has 8 atom stereocenters. The third-order valence-corrected chi connectivity index (χ3v) is 23.1. The van der Waals surface area contributed by atoms with E-state index in [1.54, 1.807) is 0 Å². The summed E-state index contributed by atoms with van der Waals surface area (Å²) in [4.78, 5) is 73.2. The Labute approximate surface area is 645 Å². The van der Waals surface area contributed by atoms with E-state index in [0.29, 0.717) is 25.7 Å². The van der Waals surface area contributed by atoms with Gasteiger partial charge in [-0.1, -0.05) is 396 Å². The van der Waals surface area contributed by atoms with Crippen LogP contribution in [0.4, 0.5) is 0 Å². The first kappa shape index (κ1) is 103. The van der Waals surface area contributed by atoms with Gasteiger partial charge in [0.15, 0.2) is 12.2 Å². The van der Waals surface area contributed by atoms with Crippen LogP contribution in [0.2, 0.25) is 0 Å². The number of aliphatic hydroxyl groups excluding tert-OH is 1. The zero-order chi connectivity index (χ0) is 77.4. The Morgan fingerprint density at radius 3 is 0.676 bits per heavy atom. The number of rotatable bonds is 83. The molecule has 17 nitrogen and oxygen atoms in total. The van der Waals surface area contributed by atoms with Crippen LogP contribution in [-0.2, 0) is 65.4 Å². The third kappa shape index (κ3) is 75.9. The lowest BCUT2D eigenvalue weighted by molar-refractivity contribution is -0.161. The monoisotopic (exact) mass is 1540 g/mol.